The van der Waals surface area contributed by atoms with Crippen molar-refractivity contribution in [2.24, 2.45) is 11.7 Å². The van der Waals surface area contributed by atoms with Crippen LogP contribution in [0.25, 0.3) is 0 Å². The molecule has 1 aliphatic rings. The van der Waals surface area contributed by atoms with Gasteiger partial charge in [-0.2, -0.15) is 5.48 Å². The predicted octanol–water partition coefficient (Wildman–Crippen LogP) is -0.0551. The summed E-state index contributed by atoms with van der Waals surface area (Å²) < 4.78 is 0. The molecule has 0 spiro atoms. The van der Waals surface area contributed by atoms with E-state index in [1.165, 1.54) is 43.0 Å². The zero-order chi connectivity index (χ0) is 44.5. The number of nitrogens with zero attached hydrogens (tertiary/aromatic N) is 1. The zero-order valence-corrected chi connectivity index (χ0v) is 34.5. The van der Waals surface area contributed by atoms with E-state index in [4.69, 9.17) is 5.73 Å². The molecule has 0 bridgehead atoms. The monoisotopic (exact) mass is 840 g/mol. The van der Waals surface area contributed by atoms with Crippen LogP contribution in [0.15, 0.2) is 48.5 Å². The maximum Gasteiger partial charge on any atom is 0.326 e. The minimum Gasteiger partial charge on any atom is -0.508 e. The minimum atomic E-state index is -1.26. The van der Waals surface area contributed by atoms with Crippen molar-refractivity contribution in [1.29, 1.82) is 0 Å². The van der Waals surface area contributed by atoms with Crippen LogP contribution < -0.4 is 37.8 Å². The predicted molar refractivity (Wildman–Crippen MR) is 218 cm³/mol. The molecule has 3 rings (SSSR count). The van der Waals surface area contributed by atoms with E-state index in [1.54, 1.807) is 24.3 Å². The molecule has 7 atom stereocenters. The first-order chi connectivity index (χ1) is 28.4. The SMILES string of the molecule is CC(C)C[C@H](NC(=O)[C@H](C)NC(=O)[C@@H]1CCCN1C(=O)[C@H](Cc1ccc(O)cc1)NC(=O)[C@H](CCCCN)NC(=O)[C@H](C)NC(=O)[C@H](Cc1ccc(O)cc1)NO)C(=O)O. The van der Waals surface area contributed by atoms with Crippen LogP contribution in [0.5, 0.6) is 11.5 Å². The number of rotatable bonds is 23. The van der Waals surface area contributed by atoms with E-state index in [0.717, 1.165) is 0 Å². The number of hydroxylamine groups is 1. The molecule has 6 amide bonds. The van der Waals surface area contributed by atoms with Gasteiger partial charge >= 0.3 is 5.97 Å². The molecule has 12 N–H and O–H groups in total. The lowest BCUT2D eigenvalue weighted by Gasteiger charge is -2.31. The van der Waals surface area contributed by atoms with Crippen molar-refractivity contribution < 1.29 is 54.1 Å². The number of likely N-dealkylation sites (tertiary alicyclic amines) is 1. The Morgan fingerprint density at radius 2 is 1.18 bits per heavy atom. The molecular formula is C41H60N8O11. The molecule has 0 unspecified atom stereocenters. The summed E-state index contributed by atoms with van der Waals surface area (Å²) in [6.07, 6.45) is 1.87. The fourth-order valence-corrected chi connectivity index (χ4v) is 6.71. The van der Waals surface area contributed by atoms with Gasteiger partial charge in [-0.05, 0) is 107 Å². The Hall–Kier alpha value is -5.79. The average molecular weight is 841 g/mol. The van der Waals surface area contributed by atoms with Crippen LogP contribution in [0.2, 0.25) is 0 Å². The fraction of sp³-hybridized carbons (Fsp3) is 0.537. The van der Waals surface area contributed by atoms with E-state index in [-0.39, 0.29) is 56.1 Å². The van der Waals surface area contributed by atoms with Crippen LogP contribution in [0, 0.1) is 5.92 Å². The van der Waals surface area contributed by atoms with E-state index in [2.05, 4.69) is 26.6 Å². The van der Waals surface area contributed by atoms with Gasteiger partial charge in [0.25, 0.3) is 0 Å². The number of nitrogens with one attached hydrogen (secondary N) is 6. The molecule has 0 aromatic heterocycles. The number of aliphatic carboxylic acids is 1. The zero-order valence-electron chi connectivity index (χ0n) is 34.5. The Balaban J connectivity index is 1.78. The first kappa shape index (κ1) is 48.6. The number of carboxylic acids is 1. The number of benzene rings is 2. The number of phenolic OH excluding ortho intramolecular Hbond substituents is 2. The second kappa shape index (κ2) is 23.7. The van der Waals surface area contributed by atoms with Gasteiger partial charge in [-0.1, -0.05) is 38.1 Å². The summed E-state index contributed by atoms with van der Waals surface area (Å²) in [5.41, 5.74) is 8.80. The summed E-state index contributed by atoms with van der Waals surface area (Å²) in [6, 6.07) is 3.88. The standard InChI is InChI=1S/C41H60N8O11/c1-23(2)20-33(41(58)59)47-36(53)25(4)44-39(56)34-9-7-19-49(34)40(57)32(22-27-12-16-29(51)17-13-27)46-37(54)30(8-5-6-18-42)45-35(52)24(3)43-38(55)31(48-60)21-26-10-14-28(50)15-11-26/h10-17,23-25,30-34,48,50-51,60H,5-9,18-22,42H2,1-4H3,(H,43,55)(H,44,56)(H,45,52)(H,46,54)(H,47,53)(H,58,59)/t24-,25-,30-,31-,32-,33-,34-/m0/s1. The third-order valence-electron chi connectivity index (χ3n) is 10.1. The highest BCUT2D eigenvalue weighted by Crippen LogP contribution is 2.21. The van der Waals surface area contributed by atoms with Crippen molar-refractivity contribution in [3.63, 3.8) is 0 Å². The van der Waals surface area contributed by atoms with Crippen LogP contribution in [0.3, 0.4) is 0 Å². The molecule has 2 aromatic carbocycles. The molecule has 1 aliphatic heterocycles. The summed E-state index contributed by atoms with van der Waals surface area (Å²) in [6.45, 7) is 6.89. The molecule has 60 heavy (non-hydrogen) atoms. The van der Waals surface area contributed by atoms with Gasteiger partial charge in [0.05, 0.1) is 0 Å². The van der Waals surface area contributed by atoms with E-state index < -0.39 is 83.7 Å². The summed E-state index contributed by atoms with van der Waals surface area (Å²) in [5.74, 6) is -5.36. The number of unbranched alkanes of at least 4 members (excludes halogenated alkanes) is 1. The molecule has 1 saturated heterocycles. The Morgan fingerprint density at radius 3 is 1.70 bits per heavy atom. The Bertz CT molecular complexity index is 1780. The van der Waals surface area contributed by atoms with E-state index in [9.17, 15) is 54.1 Å². The number of hydrogen-bond donors (Lipinski definition) is 11. The second-order valence-electron chi connectivity index (χ2n) is 15.5. The Labute approximate surface area is 349 Å². The van der Waals surface area contributed by atoms with Crippen molar-refractivity contribution >= 4 is 41.4 Å². The number of aromatic hydroxyl groups is 2. The number of nitrogens with two attached hydrogens (primary N) is 1. The van der Waals surface area contributed by atoms with Gasteiger partial charge < -0.3 is 57.7 Å². The number of hydrogen-bond acceptors (Lipinski definition) is 12. The normalized spacial score (nSPS) is 16.7. The van der Waals surface area contributed by atoms with Crippen LogP contribution >= 0.6 is 0 Å². The third-order valence-corrected chi connectivity index (χ3v) is 10.1. The molecule has 0 saturated carbocycles. The van der Waals surface area contributed by atoms with Crippen LogP contribution in [0.4, 0.5) is 0 Å². The van der Waals surface area contributed by atoms with Gasteiger partial charge in [0.15, 0.2) is 0 Å². The third kappa shape index (κ3) is 15.1. The summed E-state index contributed by atoms with van der Waals surface area (Å²) in [5, 5.41) is 51.6. The quantitative estimate of drug-likeness (QED) is 0.0517. The van der Waals surface area contributed by atoms with Crippen molar-refractivity contribution in [2.75, 3.05) is 13.1 Å². The second-order valence-corrected chi connectivity index (χ2v) is 15.5. The topological polar surface area (TPSA) is 302 Å². The maximum absolute atomic E-state index is 14.3. The van der Waals surface area contributed by atoms with Crippen LogP contribution in [0.1, 0.15) is 77.3 Å². The van der Waals surface area contributed by atoms with Gasteiger partial charge in [-0.25, -0.2) is 4.79 Å². The number of carbonyl (C=O) groups is 7. The summed E-state index contributed by atoms with van der Waals surface area (Å²) in [7, 11) is 0. The highest BCUT2D eigenvalue weighted by atomic mass is 16.5. The average Bonchev–Trinajstić information content (AvgIpc) is 3.70. The molecule has 2 aromatic rings. The molecule has 19 heteroatoms. The Morgan fingerprint density at radius 1 is 0.683 bits per heavy atom. The molecule has 19 nitrogen and oxygen atoms in total. The van der Waals surface area contributed by atoms with Crippen molar-refractivity contribution in [3.8, 4) is 11.5 Å². The number of carboxylic acid groups (broad SMARTS) is 1. The lowest BCUT2D eigenvalue weighted by Crippen LogP contribution is -2.59. The largest absolute Gasteiger partial charge is 0.508 e. The number of phenols is 2. The van der Waals surface area contributed by atoms with E-state index in [1.807, 2.05) is 19.3 Å². The van der Waals surface area contributed by atoms with Gasteiger partial charge in [0.1, 0.15) is 53.8 Å². The van der Waals surface area contributed by atoms with Crippen molar-refractivity contribution in [3.05, 3.63) is 59.7 Å². The summed E-state index contributed by atoms with van der Waals surface area (Å²) in [4.78, 5) is 94.3. The molecule has 0 aliphatic carbocycles. The lowest BCUT2D eigenvalue weighted by molar-refractivity contribution is -0.143. The molecule has 0 radical (unpaired) electrons. The molecular weight excluding hydrogens is 780 g/mol. The minimum absolute atomic E-state index is 0.0228. The van der Waals surface area contributed by atoms with Crippen molar-refractivity contribution in [2.45, 2.75) is 121 Å². The highest BCUT2D eigenvalue weighted by Gasteiger charge is 2.39. The fourth-order valence-electron chi connectivity index (χ4n) is 6.71. The molecule has 330 valence electrons. The van der Waals surface area contributed by atoms with Gasteiger partial charge in [0, 0.05) is 13.0 Å². The van der Waals surface area contributed by atoms with Crippen LogP contribution in [-0.2, 0) is 46.4 Å². The highest BCUT2D eigenvalue weighted by molar-refractivity contribution is 5.97. The van der Waals surface area contributed by atoms with Gasteiger partial charge in [-0.3, -0.25) is 28.8 Å². The van der Waals surface area contributed by atoms with Gasteiger partial charge in [0.2, 0.25) is 35.4 Å². The van der Waals surface area contributed by atoms with Crippen LogP contribution in [-0.4, -0.2) is 122 Å². The van der Waals surface area contributed by atoms with E-state index in [0.29, 0.717) is 36.9 Å². The first-order valence-corrected chi connectivity index (χ1v) is 20.1. The molecule has 1 fully saturated rings. The summed E-state index contributed by atoms with van der Waals surface area (Å²) >= 11 is 0. The van der Waals surface area contributed by atoms with Crippen molar-refractivity contribution in [1.82, 2.24) is 37.0 Å². The lowest BCUT2D eigenvalue weighted by atomic mass is 10.0. The maximum atomic E-state index is 14.3. The smallest absolute Gasteiger partial charge is 0.326 e. The number of amides is 6. The number of carbonyl (C=O) groups excluding carboxylic acids is 6. The Kier molecular flexibility index (Phi) is 19.2. The molecule has 1 heterocycles. The van der Waals surface area contributed by atoms with Gasteiger partial charge in [-0.15, -0.1) is 0 Å². The van der Waals surface area contributed by atoms with E-state index >= 15 is 0 Å². The first-order valence-electron chi connectivity index (χ1n) is 20.1.